The van der Waals surface area contributed by atoms with Crippen LogP contribution in [0.5, 0.6) is 0 Å². The van der Waals surface area contributed by atoms with Gasteiger partial charge >= 0.3 is 0 Å². The van der Waals surface area contributed by atoms with Gasteiger partial charge in [0.15, 0.2) is 0 Å². The Morgan fingerprint density at radius 1 is 1.53 bits per heavy atom. The standard InChI is InChI=1S/C11H20N4/c1-9(2)11-8-15(5-4-12-11)10-6-13-14(3)7-10/h6-7,9,11-12H,4-5,8H2,1-3H3. The van der Waals surface area contributed by atoms with Crippen LogP contribution in [0.2, 0.25) is 0 Å². The van der Waals surface area contributed by atoms with E-state index < -0.39 is 0 Å². The number of rotatable bonds is 2. The molecule has 1 N–H and O–H groups in total. The van der Waals surface area contributed by atoms with Gasteiger partial charge < -0.3 is 10.2 Å². The van der Waals surface area contributed by atoms with Gasteiger partial charge in [-0.25, -0.2) is 0 Å². The van der Waals surface area contributed by atoms with Gasteiger partial charge in [0.25, 0.3) is 0 Å². The van der Waals surface area contributed by atoms with Gasteiger partial charge in [-0.3, -0.25) is 4.68 Å². The number of piperazine rings is 1. The summed E-state index contributed by atoms with van der Waals surface area (Å²) in [5, 5.41) is 7.77. The van der Waals surface area contributed by atoms with Gasteiger partial charge in [-0.1, -0.05) is 13.8 Å². The van der Waals surface area contributed by atoms with Crippen LogP contribution in [0, 0.1) is 5.92 Å². The number of nitrogens with zero attached hydrogens (tertiary/aromatic N) is 3. The van der Waals surface area contributed by atoms with Crippen molar-refractivity contribution in [3.05, 3.63) is 12.4 Å². The molecule has 0 saturated carbocycles. The van der Waals surface area contributed by atoms with E-state index in [2.05, 4.69) is 35.4 Å². The smallest absolute Gasteiger partial charge is 0.0753 e. The van der Waals surface area contributed by atoms with Gasteiger partial charge in [-0.2, -0.15) is 5.10 Å². The maximum absolute atomic E-state index is 4.22. The van der Waals surface area contributed by atoms with Crippen LogP contribution >= 0.6 is 0 Å². The Hall–Kier alpha value is -1.03. The van der Waals surface area contributed by atoms with Crippen molar-refractivity contribution in [3.8, 4) is 0 Å². The van der Waals surface area contributed by atoms with Crippen LogP contribution in [-0.4, -0.2) is 35.5 Å². The van der Waals surface area contributed by atoms with Crippen molar-refractivity contribution in [1.82, 2.24) is 15.1 Å². The molecule has 1 aliphatic heterocycles. The lowest BCUT2D eigenvalue weighted by atomic mass is 10.0. The first-order valence-corrected chi connectivity index (χ1v) is 5.64. The Balaban J connectivity index is 2.04. The third-order valence-corrected chi connectivity index (χ3v) is 3.07. The Morgan fingerprint density at radius 3 is 2.93 bits per heavy atom. The first kappa shape index (κ1) is 10.5. The van der Waals surface area contributed by atoms with Crippen LogP contribution in [0.1, 0.15) is 13.8 Å². The Bertz CT molecular complexity index is 318. The molecule has 0 aliphatic carbocycles. The average molecular weight is 208 g/mol. The van der Waals surface area contributed by atoms with Crippen LogP contribution in [-0.2, 0) is 7.05 Å². The molecule has 1 aliphatic rings. The predicted octanol–water partition coefficient (Wildman–Crippen LogP) is 0.854. The number of aryl methyl sites for hydroxylation is 1. The van der Waals surface area contributed by atoms with E-state index in [-0.39, 0.29) is 0 Å². The summed E-state index contributed by atoms with van der Waals surface area (Å²) in [4.78, 5) is 2.41. The highest BCUT2D eigenvalue weighted by atomic mass is 15.3. The highest BCUT2D eigenvalue weighted by Gasteiger charge is 2.22. The quantitative estimate of drug-likeness (QED) is 0.782. The molecule has 2 rings (SSSR count). The number of hydrogen-bond donors (Lipinski definition) is 1. The molecule has 15 heavy (non-hydrogen) atoms. The predicted molar refractivity (Wildman–Crippen MR) is 62.0 cm³/mol. The van der Waals surface area contributed by atoms with E-state index in [0.717, 1.165) is 19.6 Å². The molecule has 1 fully saturated rings. The van der Waals surface area contributed by atoms with Crippen LogP contribution < -0.4 is 10.2 Å². The summed E-state index contributed by atoms with van der Waals surface area (Å²) in [5.74, 6) is 0.685. The third-order valence-electron chi connectivity index (χ3n) is 3.07. The highest BCUT2D eigenvalue weighted by Crippen LogP contribution is 2.16. The van der Waals surface area contributed by atoms with Crippen molar-refractivity contribution in [2.45, 2.75) is 19.9 Å². The van der Waals surface area contributed by atoms with E-state index in [1.807, 2.05) is 17.9 Å². The molecular weight excluding hydrogens is 188 g/mol. The minimum absolute atomic E-state index is 0.596. The lowest BCUT2D eigenvalue weighted by Gasteiger charge is -2.36. The molecule has 1 saturated heterocycles. The largest absolute Gasteiger partial charge is 0.366 e. The molecule has 4 nitrogen and oxygen atoms in total. The first-order valence-electron chi connectivity index (χ1n) is 5.64. The van der Waals surface area contributed by atoms with Crippen molar-refractivity contribution >= 4 is 5.69 Å². The Morgan fingerprint density at radius 2 is 2.33 bits per heavy atom. The second-order valence-corrected chi connectivity index (χ2v) is 4.62. The van der Waals surface area contributed by atoms with Crippen LogP contribution in [0.15, 0.2) is 12.4 Å². The molecule has 0 radical (unpaired) electrons. The molecule has 1 aromatic rings. The first-order chi connectivity index (χ1) is 7.16. The molecule has 1 unspecified atom stereocenters. The van der Waals surface area contributed by atoms with E-state index in [4.69, 9.17) is 0 Å². The zero-order valence-corrected chi connectivity index (χ0v) is 9.77. The molecule has 1 atom stereocenters. The minimum atomic E-state index is 0.596. The van der Waals surface area contributed by atoms with Gasteiger partial charge in [0, 0.05) is 38.9 Å². The number of anilines is 1. The topological polar surface area (TPSA) is 33.1 Å². The molecule has 0 aromatic carbocycles. The molecule has 2 heterocycles. The summed E-state index contributed by atoms with van der Waals surface area (Å²) in [6.07, 6.45) is 4.03. The van der Waals surface area contributed by atoms with Crippen molar-refractivity contribution in [3.63, 3.8) is 0 Å². The molecule has 0 bridgehead atoms. The van der Waals surface area contributed by atoms with Crippen LogP contribution in [0.25, 0.3) is 0 Å². The Labute approximate surface area is 91.3 Å². The second-order valence-electron chi connectivity index (χ2n) is 4.62. The maximum Gasteiger partial charge on any atom is 0.0753 e. The van der Waals surface area contributed by atoms with Crippen molar-refractivity contribution in [1.29, 1.82) is 0 Å². The summed E-state index contributed by atoms with van der Waals surface area (Å²) >= 11 is 0. The molecule has 1 aromatic heterocycles. The van der Waals surface area contributed by atoms with Gasteiger partial charge in [-0.15, -0.1) is 0 Å². The number of aromatic nitrogens is 2. The summed E-state index contributed by atoms with van der Waals surface area (Å²) in [7, 11) is 1.96. The van der Waals surface area contributed by atoms with E-state index in [1.54, 1.807) is 0 Å². The van der Waals surface area contributed by atoms with E-state index in [0.29, 0.717) is 12.0 Å². The van der Waals surface area contributed by atoms with Gasteiger partial charge in [0.1, 0.15) is 0 Å². The number of nitrogens with one attached hydrogen (secondary N) is 1. The Kier molecular flexibility index (Phi) is 2.95. The lowest BCUT2D eigenvalue weighted by molar-refractivity contribution is 0.368. The molecule has 0 spiro atoms. The van der Waals surface area contributed by atoms with Gasteiger partial charge in [0.2, 0.25) is 0 Å². The molecule has 84 valence electrons. The van der Waals surface area contributed by atoms with Crippen molar-refractivity contribution in [2.24, 2.45) is 13.0 Å². The zero-order chi connectivity index (χ0) is 10.8. The molecular formula is C11H20N4. The molecule has 4 heteroatoms. The third kappa shape index (κ3) is 2.31. The van der Waals surface area contributed by atoms with Gasteiger partial charge in [-0.05, 0) is 5.92 Å². The summed E-state index contributed by atoms with van der Waals surface area (Å²) in [6, 6.07) is 0.596. The fourth-order valence-electron chi connectivity index (χ4n) is 2.03. The average Bonchev–Trinajstić information content (AvgIpc) is 2.65. The van der Waals surface area contributed by atoms with E-state index in [1.165, 1.54) is 5.69 Å². The normalized spacial score (nSPS) is 22.4. The van der Waals surface area contributed by atoms with Crippen molar-refractivity contribution < 1.29 is 0 Å². The lowest BCUT2D eigenvalue weighted by Crippen LogP contribution is -2.52. The maximum atomic E-state index is 4.22. The summed E-state index contributed by atoms with van der Waals surface area (Å²) in [5.41, 5.74) is 1.24. The fourth-order valence-corrected chi connectivity index (χ4v) is 2.03. The van der Waals surface area contributed by atoms with Gasteiger partial charge in [0.05, 0.1) is 11.9 Å². The fraction of sp³-hybridized carbons (Fsp3) is 0.727. The van der Waals surface area contributed by atoms with Crippen LogP contribution in [0.4, 0.5) is 5.69 Å². The SMILES string of the molecule is CC(C)C1CN(c2cnn(C)c2)CCN1. The van der Waals surface area contributed by atoms with Crippen LogP contribution in [0.3, 0.4) is 0 Å². The second kappa shape index (κ2) is 4.23. The molecule has 0 amide bonds. The van der Waals surface area contributed by atoms with Crippen molar-refractivity contribution in [2.75, 3.05) is 24.5 Å². The monoisotopic (exact) mass is 208 g/mol. The number of hydrogen-bond acceptors (Lipinski definition) is 3. The summed E-state index contributed by atoms with van der Waals surface area (Å²) in [6.45, 7) is 7.77. The highest BCUT2D eigenvalue weighted by molar-refractivity contribution is 5.43. The van der Waals surface area contributed by atoms with E-state index in [9.17, 15) is 0 Å². The zero-order valence-electron chi connectivity index (χ0n) is 9.77. The summed E-state index contributed by atoms with van der Waals surface area (Å²) < 4.78 is 1.86. The minimum Gasteiger partial charge on any atom is -0.366 e. The van der Waals surface area contributed by atoms with E-state index >= 15 is 0 Å².